The van der Waals surface area contributed by atoms with Crippen LogP contribution in [0.5, 0.6) is 0 Å². The third-order valence-electron chi connectivity index (χ3n) is 3.94. The molecule has 2 aliphatic rings. The van der Waals surface area contributed by atoms with Gasteiger partial charge in [-0.2, -0.15) is 0 Å². The summed E-state index contributed by atoms with van der Waals surface area (Å²) in [5.74, 6) is 0.327. The minimum absolute atomic E-state index is 0.327. The number of nitrogens with one attached hydrogen (secondary N) is 1. The number of hydrogen-bond donors (Lipinski definition) is 1. The molecule has 4 nitrogen and oxygen atoms in total. The highest BCUT2D eigenvalue weighted by Crippen LogP contribution is 2.20. The van der Waals surface area contributed by atoms with Gasteiger partial charge >= 0.3 is 0 Å². The van der Waals surface area contributed by atoms with Gasteiger partial charge in [0.25, 0.3) is 0 Å². The highest BCUT2D eigenvalue weighted by molar-refractivity contribution is 5.76. The molecule has 0 spiro atoms. The van der Waals surface area contributed by atoms with E-state index in [1.807, 2.05) is 0 Å². The van der Waals surface area contributed by atoms with Gasteiger partial charge in [-0.1, -0.05) is 6.92 Å². The minimum Gasteiger partial charge on any atom is -0.341 e. The molecule has 2 saturated heterocycles. The Bertz CT molecular complexity index is 251. The Labute approximate surface area is 104 Å². The van der Waals surface area contributed by atoms with E-state index in [0.29, 0.717) is 18.4 Å². The van der Waals surface area contributed by atoms with Crippen LogP contribution in [-0.4, -0.2) is 61.0 Å². The lowest BCUT2D eigenvalue weighted by Gasteiger charge is -2.23. The molecule has 1 N–H and O–H groups in total. The maximum atomic E-state index is 11.9. The summed E-state index contributed by atoms with van der Waals surface area (Å²) in [5.41, 5.74) is 0. The molecule has 2 aliphatic heterocycles. The molecule has 0 aromatic heterocycles. The quantitative estimate of drug-likeness (QED) is 0.717. The largest absolute Gasteiger partial charge is 0.341 e. The third-order valence-corrected chi connectivity index (χ3v) is 3.94. The lowest BCUT2D eigenvalue weighted by atomic mass is 10.2. The second kappa shape index (κ2) is 6.36. The second-order valence-corrected chi connectivity index (χ2v) is 5.13. The molecule has 0 radical (unpaired) electrons. The van der Waals surface area contributed by atoms with Crippen molar-refractivity contribution in [2.45, 2.75) is 38.6 Å². The summed E-state index contributed by atoms with van der Waals surface area (Å²) in [7, 11) is 0. The van der Waals surface area contributed by atoms with Gasteiger partial charge < -0.3 is 10.2 Å². The fourth-order valence-electron chi connectivity index (χ4n) is 2.90. The average Bonchev–Trinajstić information content (AvgIpc) is 3.00. The SMILES string of the molecule is CCNCCC(=O)N1CCC(N2CCCC2)C1. The third kappa shape index (κ3) is 3.42. The first-order valence-corrected chi connectivity index (χ1v) is 7.04. The van der Waals surface area contributed by atoms with Gasteiger partial charge in [0.15, 0.2) is 0 Å². The summed E-state index contributed by atoms with van der Waals surface area (Å²) in [6.07, 6.45) is 4.50. The summed E-state index contributed by atoms with van der Waals surface area (Å²) in [4.78, 5) is 16.6. The number of carbonyl (C=O) groups excluding carboxylic acids is 1. The maximum Gasteiger partial charge on any atom is 0.223 e. The monoisotopic (exact) mass is 239 g/mol. The molecule has 4 heteroatoms. The van der Waals surface area contributed by atoms with Gasteiger partial charge in [-0.3, -0.25) is 9.69 Å². The van der Waals surface area contributed by atoms with Crippen molar-refractivity contribution in [3.8, 4) is 0 Å². The van der Waals surface area contributed by atoms with Gasteiger partial charge in [0, 0.05) is 32.1 Å². The molecule has 1 atom stereocenters. The minimum atomic E-state index is 0.327. The van der Waals surface area contributed by atoms with E-state index in [-0.39, 0.29) is 0 Å². The number of rotatable bonds is 5. The maximum absolute atomic E-state index is 11.9. The molecule has 1 unspecified atom stereocenters. The topological polar surface area (TPSA) is 35.6 Å². The van der Waals surface area contributed by atoms with Crippen LogP contribution in [0.15, 0.2) is 0 Å². The summed E-state index contributed by atoms with van der Waals surface area (Å²) in [5, 5.41) is 3.21. The molecule has 2 heterocycles. The van der Waals surface area contributed by atoms with E-state index in [1.165, 1.54) is 32.4 Å². The number of carbonyl (C=O) groups is 1. The van der Waals surface area contributed by atoms with Gasteiger partial charge in [0.1, 0.15) is 0 Å². The summed E-state index contributed by atoms with van der Waals surface area (Å²) < 4.78 is 0. The average molecular weight is 239 g/mol. The van der Waals surface area contributed by atoms with Crippen molar-refractivity contribution in [2.75, 3.05) is 39.3 Å². The van der Waals surface area contributed by atoms with Gasteiger partial charge in [0.2, 0.25) is 5.91 Å². The van der Waals surface area contributed by atoms with Crippen molar-refractivity contribution in [1.29, 1.82) is 0 Å². The second-order valence-electron chi connectivity index (χ2n) is 5.13. The molecule has 0 aliphatic carbocycles. The van der Waals surface area contributed by atoms with Gasteiger partial charge in [-0.05, 0) is 38.9 Å². The van der Waals surface area contributed by atoms with Crippen molar-refractivity contribution in [1.82, 2.24) is 15.1 Å². The number of hydrogen-bond acceptors (Lipinski definition) is 3. The van der Waals surface area contributed by atoms with Crippen LogP contribution in [0.1, 0.15) is 32.6 Å². The van der Waals surface area contributed by atoms with E-state index in [9.17, 15) is 4.79 Å². The highest BCUT2D eigenvalue weighted by atomic mass is 16.2. The Kier molecular flexibility index (Phi) is 4.80. The van der Waals surface area contributed by atoms with Crippen LogP contribution in [0, 0.1) is 0 Å². The molecule has 1 amide bonds. The van der Waals surface area contributed by atoms with Crippen LogP contribution in [0.2, 0.25) is 0 Å². The van der Waals surface area contributed by atoms with Crippen molar-refractivity contribution >= 4 is 5.91 Å². The fourth-order valence-corrected chi connectivity index (χ4v) is 2.90. The van der Waals surface area contributed by atoms with Gasteiger partial charge in [-0.25, -0.2) is 0 Å². The van der Waals surface area contributed by atoms with Crippen molar-refractivity contribution in [3.05, 3.63) is 0 Å². The molecule has 0 aromatic carbocycles. The normalized spacial score (nSPS) is 25.7. The molecule has 98 valence electrons. The molecule has 0 aromatic rings. The predicted molar refractivity (Wildman–Crippen MR) is 69.0 cm³/mol. The van der Waals surface area contributed by atoms with E-state index < -0.39 is 0 Å². The van der Waals surface area contributed by atoms with Gasteiger partial charge in [-0.15, -0.1) is 0 Å². The lowest BCUT2D eigenvalue weighted by molar-refractivity contribution is -0.130. The summed E-state index contributed by atoms with van der Waals surface area (Å²) in [6.45, 7) is 8.25. The zero-order chi connectivity index (χ0) is 12.1. The van der Waals surface area contributed by atoms with E-state index in [4.69, 9.17) is 0 Å². The van der Waals surface area contributed by atoms with Crippen LogP contribution in [0.4, 0.5) is 0 Å². The van der Waals surface area contributed by atoms with Crippen LogP contribution < -0.4 is 5.32 Å². The Morgan fingerprint density at radius 3 is 2.76 bits per heavy atom. The Morgan fingerprint density at radius 2 is 2.06 bits per heavy atom. The smallest absolute Gasteiger partial charge is 0.223 e. The molecule has 0 saturated carbocycles. The lowest BCUT2D eigenvalue weighted by Crippen LogP contribution is -2.37. The molecule has 2 rings (SSSR count). The molecule has 2 fully saturated rings. The molecular formula is C13H25N3O. The Morgan fingerprint density at radius 1 is 1.29 bits per heavy atom. The fraction of sp³-hybridized carbons (Fsp3) is 0.923. The van der Waals surface area contributed by atoms with E-state index in [1.54, 1.807) is 0 Å². The van der Waals surface area contributed by atoms with Crippen molar-refractivity contribution in [2.24, 2.45) is 0 Å². The summed E-state index contributed by atoms with van der Waals surface area (Å²) >= 11 is 0. The molecule has 0 bridgehead atoms. The highest BCUT2D eigenvalue weighted by Gasteiger charge is 2.30. The standard InChI is InChI=1S/C13H25N3O/c1-2-14-7-5-13(17)16-10-6-12(11-16)15-8-3-4-9-15/h12,14H,2-11H2,1H3. The van der Waals surface area contributed by atoms with Crippen LogP contribution in [-0.2, 0) is 4.79 Å². The molecule has 17 heavy (non-hydrogen) atoms. The van der Waals surface area contributed by atoms with Crippen LogP contribution >= 0.6 is 0 Å². The van der Waals surface area contributed by atoms with E-state index in [2.05, 4.69) is 22.0 Å². The van der Waals surface area contributed by atoms with E-state index in [0.717, 1.165) is 26.2 Å². The summed E-state index contributed by atoms with van der Waals surface area (Å²) in [6, 6.07) is 0.639. The zero-order valence-corrected chi connectivity index (χ0v) is 11.0. The van der Waals surface area contributed by atoms with Gasteiger partial charge in [0.05, 0.1) is 0 Å². The number of likely N-dealkylation sites (tertiary alicyclic amines) is 2. The Hall–Kier alpha value is -0.610. The first kappa shape index (κ1) is 12.8. The Balaban J connectivity index is 1.71. The van der Waals surface area contributed by atoms with Crippen molar-refractivity contribution in [3.63, 3.8) is 0 Å². The van der Waals surface area contributed by atoms with Crippen LogP contribution in [0.3, 0.4) is 0 Å². The van der Waals surface area contributed by atoms with E-state index >= 15 is 0 Å². The first-order valence-electron chi connectivity index (χ1n) is 7.04. The predicted octanol–water partition coefficient (Wildman–Crippen LogP) is 0.683. The first-order chi connectivity index (χ1) is 8.31. The number of amides is 1. The number of nitrogens with zero attached hydrogens (tertiary/aromatic N) is 2. The van der Waals surface area contributed by atoms with Crippen molar-refractivity contribution < 1.29 is 4.79 Å². The zero-order valence-electron chi connectivity index (χ0n) is 11.0. The molecular weight excluding hydrogens is 214 g/mol. The van der Waals surface area contributed by atoms with Crippen LogP contribution in [0.25, 0.3) is 0 Å².